The summed E-state index contributed by atoms with van der Waals surface area (Å²) in [6.07, 6.45) is 0.303. The van der Waals surface area contributed by atoms with Crippen molar-refractivity contribution in [3.63, 3.8) is 0 Å². The number of carbonyl (C=O) groups is 2. The first kappa shape index (κ1) is 16.7. The number of carboxylic acids is 1. The highest BCUT2D eigenvalue weighted by molar-refractivity contribution is 5.93. The normalized spacial score (nSPS) is 11.7. The number of hydrogen-bond donors (Lipinski definition) is 2. The molecular formula is C19H21NO3. The summed E-state index contributed by atoms with van der Waals surface area (Å²) in [5, 5.41) is 12.1. The van der Waals surface area contributed by atoms with Gasteiger partial charge in [0.15, 0.2) is 0 Å². The summed E-state index contributed by atoms with van der Waals surface area (Å²) in [6.45, 7) is 3.96. The average molecular weight is 311 g/mol. The minimum atomic E-state index is -0.952. The smallest absolute Gasteiger partial charge is 0.307 e. The maximum Gasteiger partial charge on any atom is 0.307 e. The number of carboxylic acid groups (broad SMARTS) is 1. The van der Waals surface area contributed by atoms with Gasteiger partial charge in [0.25, 0.3) is 0 Å². The molecule has 0 bridgehead atoms. The Morgan fingerprint density at radius 3 is 2.22 bits per heavy atom. The first-order valence-corrected chi connectivity index (χ1v) is 7.59. The van der Waals surface area contributed by atoms with Crippen molar-refractivity contribution in [3.05, 3.63) is 65.2 Å². The largest absolute Gasteiger partial charge is 0.481 e. The lowest BCUT2D eigenvalue weighted by molar-refractivity contribution is -0.143. The van der Waals surface area contributed by atoms with E-state index in [4.69, 9.17) is 0 Å². The second kappa shape index (κ2) is 7.58. The molecule has 0 aliphatic carbocycles. The van der Waals surface area contributed by atoms with Crippen molar-refractivity contribution in [2.24, 2.45) is 5.92 Å². The van der Waals surface area contributed by atoms with Gasteiger partial charge in [0.2, 0.25) is 5.91 Å². The second-order valence-corrected chi connectivity index (χ2v) is 5.85. The van der Waals surface area contributed by atoms with Gasteiger partial charge in [-0.25, -0.2) is 0 Å². The van der Waals surface area contributed by atoms with E-state index in [0.29, 0.717) is 12.1 Å². The molecule has 0 saturated carbocycles. The van der Waals surface area contributed by atoms with Gasteiger partial charge in [0.05, 0.1) is 5.92 Å². The summed E-state index contributed by atoms with van der Waals surface area (Å²) in [5.74, 6) is -1.97. The molecule has 0 aliphatic heterocycles. The zero-order chi connectivity index (χ0) is 16.8. The molecule has 2 aromatic carbocycles. The topological polar surface area (TPSA) is 66.4 Å². The third-order valence-electron chi connectivity index (χ3n) is 3.60. The molecule has 23 heavy (non-hydrogen) atoms. The van der Waals surface area contributed by atoms with Gasteiger partial charge in [0, 0.05) is 12.1 Å². The fourth-order valence-electron chi connectivity index (χ4n) is 2.68. The molecule has 0 aromatic heterocycles. The minimum Gasteiger partial charge on any atom is -0.481 e. The number of para-hydroxylation sites is 1. The van der Waals surface area contributed by atoms with Gasteiger partial charge in [0.1, 0.15) is 0 Å². The van der Waals surface area contributed by atoms with Crippen molar-refractivity contribution in [2.75, 3.05) is 5.32 Å². The van der Waals surface area contributed by atoms with Crippen molar-refractivity contribution in [1.29, 1.82) is 0 Å². The SMILES string of the molecule is Cc1cc(C)cc(C[C@@H](CC(=O)Nc2ccccc2)C(=O)O)c1. The maximum absolute atomic E-state index is 12.1. The molecule has 1 amide bonds. The van der Waals surface area contributed by atoms with Crippen molar-refractivity contribution in [2.45, 2.75) is 26.7 Å². The van der Waals surface area contributed by atoms with Crippen molar-refractivity contribution in [3.8, 4) is 0 Å². The zero-order valence-electron chi connectivity index (χ0n) is 13.4. The van der Waals surface area contributed by atoms with Crippen LogP contribution in [0, 0.1) is 19.8 Å². The first-order chi connectivity index (χ1) is 10.9. The Bertz CT molecular complexity index is 675. The van der Waals surface area contributed by atoms with Crippen molar-refractivity contribution < 1.29 is 14.7 Å². The summed E-state index contributed by atoms with van der Waals surface area (Å²) < 4.78 is 0. The minimum absolute atomic E-state index is 0.0444. The molecule has 0 unspecified atom stereocenters. The average Bonchev–Trinajstić information content (AvgIpc) is 2.46. The van der Waals surface area contributed by atoms with E-state index in [9.17, 15) is 14.7 Å². The second-order valence-electron chi connectivity index (χ2n) is 5.85. The van der Waals surface area contributed by atoms with Gasteiger partial charge in [-0.2, -0.15) is 0 Å². The molecule has 4 nitrogen and oxygen atoms in total. The van der Waals surface area contributed by atoms with Gasteiger partial charge in [-0.3, -0.25) is 9.59 Å². The Balaban J connectivity index is 2.03. The quantitative estimate of drug-likeness (QED) is 0.857. The molecule has 120 valence electrons. The first-order valence-electron chi connectivity index (χ1n) is 7.59. The van der Waals surface area contributed by atoms with Crippen molar-refractivity contribution in [1.82, 2.24) is 0 Å². The Morgan fingerprint density at radius 2 is 1.65 bits per heavy atom. The number of nitrogens with one attached hydrogen (secondary N) is 1. The van der Waals surface area contributed by atoms with Crippen molar-refractivity contribution >= 4 is 17.6 Å². The van der Waals surface area contributed by atoms with E-state index in [0.717, 1.165) is 16.7 Å². The summed E-state index contributed by atoms with van der Waals surface area (Å²) in [4.78, 5) is 23.6. The number of anilines is 1. The highest BCUT2D eigenvalue weighted by Crippen LogP contribution is 2.17. The van der Waals surface area contributed by atoms with Crippen LogP contribution in [0.5, 0.6) is 0 Å². The van der Waals surface area contributed by atoms with Gasteiger partial charge in [-0.05, 0) is 38.0 Å². The predicted octanol–water partition coefficient (Wildman–Crippen LogP) is 3.58. The molecule has 0 saturated heterocycles. The molecule has 0 radical (unpaired) electrons. The predicted molar refractivity (Wildman–Crippen MR) is 90.4 cm³/mol. The Hall–Kier alpha value is -2.62. The number of hydrogen-bond acceptors (Lipinski definition) is 2. The number of rotatable bonds is 6. The Labute approximate surface area is 136 Å². The summed E-state index contributed by atoms with van der Waals surface area (Å²) >= 11 is 0. The molecule has 4 heteroatoms. The molecule has 0 heterocycles. The van der Waals surface area contributed by atoms with E-state index in [1.54, 1.807) is 12.1 Å². The van der Waals surface area contributed by atoms with E-state index < -0.39 is 11.9 Å². The van der Waals surface area contributed by atoms with Crippen LogP contribution in [0.2, 0.25) is 0 Å². The van der Waals surface area contributed by atoms with Gasteiger partial charge in [-0.15, -0.1) is 0 Å². The third-order valence-corrected chi connectivity index (χ3v) is 3.60. The van der Waals surface area contributed by atoms with Crippen LogP contribution in [0.4, 0.5) is 5.69 Å². The molecular weight excluding hydrogens is 290 g/mol. The van der Waals surface area contributed by atoms with Crippen LogP contribution >= 0.6 is 0 Å². The lowest BCUT2D eigenvalue weighted by Crippen LogP contribution is -2.24. The summed E-state index contributed by atoms with van der Waals surface area (Å²) in [6, 6.07) is 15.0. The van der Waals surface area contributed by atoms with Crippen LogP contribution < -0.4 is 5.32 Å². The fraction of sp³-hybridized carbons (Fsp3) is 0.263. The standard InChI is InChI=1S/C19H21NO3/c1-13-8-14(2)10-15(9-13)11-16(19(22)23)12-18(21)20-17-6-4-3-5-7-17/h3-10,16H,11-12H2,1-2H3,(H,20,21)(H,22,23)/t16-/m0/s1. The van der Waals surface area contributed by atoms with Crippen LogP contribution in [-0.2, 0) is 16.0 Å². The van der Waals surface area contributed by atoms with E-state index >= 15 is 0 Å². The molecule has 2 rings (SSSR count). The number of amides is 1. The lowest BCUT2D eigenvalue weighted by Gasteiger charge is -2.13. The number of carbonyl (C=O) groups excluding carboxylic acids is 1. The molecule has 1 atom stereocenters. The van der Waals surface area contributed by atoms with E-state index in [-0.39, 0.29) is 12.3 Å². The molecule has 0 fully saturated rings. The van der Waals surface area contributed by atoms with Gasteiger partial charge < -0.3 is 10.4 Å². The number of benzene rings is 2. The highest BCUT2D eigenvalue weighted by atomic mass is 16.4. The summed E-state index contributed by atoms with van der Waals surface area (Å²) in [5.41, 5.74) is 3.81. The Morgan fingerprint density at radius 1 is 1.04 bits per heavy atom. The molecule has 0 spiro atoms. The van der Waals surface area contributed by atoms with E-state index in [1.807, 2.05) is 50.2 Å². The van der Waals surface area contributed by atoms with E-state index in [1.165, 1.54) is 0 Å². The Kier molecular flexibility index (Phi) is 5.52. The van der Waals surface area contributed by atoms with Gasteiger partial charge >= 0.3 is 5.97 Å². The maximum atomic E-state index is 12.1. The third kappa shape index (κ3) is 5.25. The number of aryl methyl sites for hydroxylation is 2. The summed E-state index contributed by atoms with van der Waals surface area (Å²) in [7, 11) is 0. The van der Waals surface area contributed by atoms with Crippen LogP contribution in [0.15, 0.2) is 48.5 Å². The molecule has 0 aliphatic rings. The number of aliphatic carboxylic acids is 1. The monoisotopic (exact) mass is 311 g/mol. The molecule has 2 aromatic rings. The highest BCUT2D eigenvalue weighted by Gasteiger charge is 2.22. The lowest BCUT2D eigenvalue weighted by atomic mass is 9.94. The zero-order valence-corrected chi connectivity index (χ0v) is 13.4. The van der Waals surface area contributed by atoms with Crippen LogP contribution in [0.3, 0.4) is 0 Å². The van der Waals surface area contributed by atoms with Gasteiger partial charge in [-0.1, -0.05) is 47.5 Å². The van der Waals surface area contributed by atoms with Crippen LogP contribution in [0.25, 0.3) is 0 Å². The molecule has 2 N–H and O–H groups in total. The van der Waals surface area contributed by atoms with Crippen LogP contribution in [0.1, 0.15) is 23.1 Å². The van der Waals surface area contributed by atoms with E-state index in [2.05, 4.69) is 5.32 Å². The van der Waals surface area contributed by atoms with Crippen LogP contribution in [-0.4, -0.2) is 17.0 Å². The fourth-order valence-corrected chi connectivity index (χ4v) is 2.68.